The van der Waals surface area contributed by atoms with E-state index in [0.717, 1.165) is 22.4 Å². The summed E-state index contributed by atoms with van der Waals surface area (Å²) >= 11 is 0. The molecule has 1 N–H and O–H groups in total. The van der Waals surface area contributed by atoms with Gasteiger partial charge in [0.25, 0.3) is 0 Å². The molecule has 0 aromatic heterocycles. The minimum Gasteiger partial charge on any atom is -0.497 e. The van der Waals surface area contributed by atoms with Crippen LogP contribution in [0.2, 0.25) is 0 Å². The summed E-state index contributed by atoms with van der Waals surface area (Å²) < 4.78 is 5.26. The van der Waals surface area contributed by atoms with Gasteiger partial charge in [-0.05, 0) is 35.7 Å². The van der Waals surface area contributed by atoms with Crippen LogP contribution in [0.1, 0.15) is 36.1 Å². The van der Waals surface area contributed by atoms with Crippen molar-refractivity contribution in [2.75, 3.05) is 7.11 Å². The van der Waals surface area contributed by atoms with E-state index in [0.29, 0.717) is 19.5 Å². The van der Waals surface area contributed by atoms with Gasteiger partial charge in [0.1, 0.15) is 11.8 Å². The average Bonchev–Trinajstić information content (AvgIpc) is 2.86. The number of benzene rings is 3. The summed E-state index contributed by atoms with van der Waals surface area (Å²) in [6.07, 6.45) is 0.440. The predicted molar refractivity (Wildman–Crippen MR) is 135 cm³/mol. The van der Waals surface area contributed by atoms with E-state index in [2.05, 4.69) is 5.32 Å². The topological polar surface area (TPSA) is 58.6 Å². The van der Waals surface area contributed by atoms with Gasteiger partial charge in [0, 0.05) is 25.4 Å². The zero-order chi connectivity index (χ0) is 24.5. The van der Waals surface area contributed by atoms with Crippen molar-refractivity contribution in [1.29, 1.82) is 0 Å². The van der Waals surface area contributed by atoms with E-state index in [1.54, 1.807) is 12.0 Å². The van der Waals surface area contributed by atoms with E-state index >= 15 is 0 Å². The largest absolute Gasteiger partial charge is 0.497 e. The quantitative estimate of drug-likeness (QED) is 0.469. The molecule has 0 saturated carbocycles. The van der Waals surface area contributed by atoms with Crippen molar-refractivity contribution < 1.29 is 14.3 Å². The third-order valence-electron chi connectivity index (χ3n) is 5.83. The Bertz CT molecular complexity index is 1060. The molecule has 2 amide bonds. The normalized spacial score (nSPS) is 11.7. The second kappa shape index (κ2) is 12.0. The van der Waals surface area contributed by atoms with Crippen molar-refractivity contribution in [3.05, 3.63) is 101 Å². The molecule has 1 atom stereocenters. The van der Waals surface area contributed by atoms with Crippen molar-refractivity contribution in [3.8, 4) is 5.75 Å². The molecule has 0 radical (unpaired) electrons. The van der Waals surface area contributed by atoms with Crippen LogP contribution < -0.4 is 10.1 Å². The van der Waals surface area contributed by atoms with Gasteiger partial charge in [-0.25, -0.2) is 0 Å². The fourth-order valence-corrected chi connectivity index (χ4v) is 3.80. The van der Waals surface area contributed by atoms with Gasteiger partial charge in [0.05, 0.1) is 7.11 Å². The molecule has 178 valence electrons. The Balaban J connectivity index is 1.88. The summed E-state index contributed by atoms with van der Waals surface area (Å²) in [4.78, 5) is 28.6. The molecule has 0 aliphatic carbocycles. The molecule has 0 saturated heterocycles. The first-order valence-corrected chi connectivity index (χ1v) is 11.7. The third kappa shape index (κ3) is 6.95. The maximum atomic E-state index is 13.5. The first-order chi connectivity index (χ1) is 16.4. The molecule has 0 bridgehead atoms. The van der Waals surface area contributed by atoms with E-state index in [1.165, 1.54) is 5.56 Å². The van der Waals surface area contributed by atoms with Crippen LogP contribution >= 0.6 is 0 Å². The molecule has 0 aliphatic heterocycles. The van der Waals surface area contributed by atoms with Crippen molar-refractivity contribution in [2.24, 2.45) is 5.92 Å². The van der Waals surface area contributed by atoms with Gasteiger partial charge >= 0.3 is 0 Å². The smallest absolute Gasteiger partial charge is 0.243 e. The van der Waals surface area contributed by atoms with Crippen LogP contribution in [0, 0.1) is 12.8 Å². The highest BCUT2D eigenvalue weighted by Gasteiger charge is 2.31. The molecule has 3 aromatic carbocycles. The zero-order valence-corrected chi connectivity index (χ0v) is 20.5. The summed E-state index contributed by atoms with van der Waals surface area (Å²) in [7, 11) is 1.62. The fraction of sp³-hybridized carbons (Fsp3) is 0.310. The predicted octanol–water partition coefficient (Wildman–Crippen LogP) is 4.92. The van der Waals surface area contributed by atoms with Gasteiger partial charge in [-0.2, -0.15) is 0 Å². The lowest BCUT2D eigenvalue weighted by atomic mass is 10.0. The molecule has 0 unspecified atom stereocenters. The number of nitrogens with one attached hydrogen (secondary N) is 1. The lowest BCUT2D eigenvalue weighted by Gasteiger charge is -2.33. The molecule has 5 nitrogen and oxygen atoms in total. The van der Waals surface area contributed by atoms with Gasteiger partial charge in [0.15, 0.2) is 0 Å². The van der Waals surface area contributed by atoms with Gasteiger partial charge in [-0.15, -0.1) is 0 Å². The summed E-state index contributed by atoms with van der Waals surface area (Å²) in [6.45, 7) is 6.53. The van der Waals surface area contributed by atoms with Crippen LogP contribution in [0.5, 0.6) is 5.75 Å². The first kappa shape index (κ1) is 25.0. The van der Waals surface area contributed by atoms with E-state index in [9.17, 15) is 9.59 Å². The molecule has 34 heavy (non-hydrogen) atoms. The average molecular weight is 459 g/mol. The third-order valence-corrected chi connectivity index (χ3v) is 5.83. The van der Waals surface area contributed by atoms with Crippen LogP contribution in [0.25, 0.3) is 0 Å². The minimum atomic E-state index is -0.634. The molecule has 0 aliphatic rings. The zero-order valence-electron chi connectivity index (χ0n) is 20.5. The van der Waals surface area contributed by atoms with Crippen LogP contribution in [-0.2, 0) is 29.1 Å². The van der Waals surface area contributed by atoms with Gasteiger partial charge < -0.3 is 15.0 Å². The van der Waals surface area contributed by atoms with Gasteiger partial charge in [0.2, 0.25) is 11.8 Å². The second-order valence-electron chi connectivity index (χ2n) is 8.88. The second-order valence-corrected chi connectivity index (χ2v) is 8.88. The maximum absolute atomic E-state index is 13.5. The van der Waals surface area contributed by atoms with Gasteiger partial charge in [-0.3, -0.25) is 9.59 Å². The highest BCUT2D eigenvalue weighted by Crippen LogP contribution is 2.19. The van der Waals surface area contributed by atoms with Crippen molar-refractivity contribution in [3.63, 3.8) is 0 Å². The number of hydrogen-bond acceptors (Lipinski definition) is 3. The summed E-state index contributed by atoms with van der Waals surface area (Å²) in [5, 5.41) is 3.06. The Hall–Kier alpha value is -3.60. The number of carbonyl (C=O) groups is 2. The summed E-state index contributed by atoms with van der Waals surface area (Å²) in [5.41, 5.74) is 4.15. The number of carbonyl (C=O) groups excluding carboxylic acids is 2. The first-order valence-electron chi connectivity index (χ1n) is 11.7. The van der Waals surface area contributed by atoms with Crippen LogP contribution in [-0.4, -0.2) is 29.9 Å². The Morgan fingerprint density at radius 2 is 1.47 bits per heavy atom. The van der Waals surface area contributed by atoms with Crippen molar-refractivity contribution in [1.82, 2.24) is 10.2 Å². The Kier molecular flexibility index (Phi) is 8.86. The van der Waals surface area contributed by atoms with Crippen LogP contribution in [0.15, 0.2) is 78.9 Å². The molecule has 0 fully saturated rings. The van der Waals surface area contributed by atoms with Gasteiger partial charge in [-0.1, -0.05) is 86.1 Å². The number of nitrogens with zero attached hydrogens (tertiary/aromatic N) is 1. The van der Waals surface area contributed by atoms with Crippen molar-refractivity contribution in [2.45, 2.75) is 46.3 Å². The maximum Gasteiger partial charge on any atom is 0.243 e. The van der Waals surface area contributed by atoms with E-state index in [-0.39, 0.29) is 17.7 Å². The molecule has 0 spiro atoms. The van der Waals surface area contributed by atoms with E-state index < -0.39 is 6.04 Å². The lowest BCUT2D eigenvalue weighted by molar-refractivity contribution is -0.143. The molecule has 3 rings (SSSR count). The number of rotatable bonds is 10. The number of ether oxygens (including phenoxy) is 1. The number of aryl methyl sites for hydroxylation is 1. The number of amides is 2. The Labute approximate surface area is 202 Å². The molecule has 5 heteroatoms. The highest BCUT2D eigenvalue weighted by atomic mass is 16.5. The lowest BCUT2D eigenvalue weighted by Crippen LogP contribution is -2.51. The highest BCUT2D eigenvalue weighted by molar-refractivity contribution is 5.88. The minimum absolute atomic E-state index is 0.0535. The fourth-order valence-electron chi connectivity index (χ4n) is 3.80. The van der Waals surface area contributed by atoms with Crippen LogP contribution in [0.4, 0.5) is 0 Å². The number of methoxy groups -OCH3 is 1. The number of hydrogen-bond donors (Lipinski definition) is 1. The van der Waals surface area contributed by atoms with Crippen molar-refractivity contribution >= 4 is 11.8 Å². The Morgan fingerprint density at radius 3 is 2.06 bits per heavy atom. The van der Waals surface area contributed by atoms with Crippen LogP contribution in [0.3, 0.4) is 0 Å². The van der Waals surface area contributed by atoms with E-state index in [1.807, 2.05) is 99.6 Å². The van der Waals surface area contributed by atoms with E-state index in [4.69, 9.17) is 4.74 Å². The Morgan fingerprint density at radius 1 is 0.853 bits per heavy atom. The molecule has 3 aromatic rings. The molecular weight excluding hydrogens is 424 g/mol. The standard InChI is InChI=1S/C29H34N2O3/c1-21(2)29(33)31(20-25-14-16-26(34-4)17-15-25)27(18-23-8-6-5-7-9-23)28(32)30-19-24-12-10-22(3)11-13-24/h5-17,21,27H,18-20H2,1-4H3,(H,30,32)/t27-/m1/s1. The molecule has 0 heterocycles. The monoisotopic (exact) mass is 458 g/mol. The molecular formula is C29H34N2O3. The SMILES string of the molecule is COc1ccc(CN(C(=O)C(C)C)[C@H](Cc2ccccc2)C(=O)NCc2ccc(C)cc2)cc1. The summed E-state index contributed by atoms with van der Waals surface area (Å²) in [6, 6.07) is 24.9. The summed E-state index contributed by atoms with van der Waals surface area (Å²) in [5.74, 6) is 0.303.